The molecular formula is C29H33FN8. The van der Waals surface area contributed by atoms with Gasteiger partial charge in [0, 0.05) is 56.3 Å². The van der Waals surface area contributed by atoms with E-state index in [0.29, 0.717) is 17.3 Å². The molecule has 3 aromatic heterocycles. The molecule has 4 aromatic rings. The fraction of sp³-hybridized carbons (Fsp3) is 0.379. The number of rotatable bonds is 7. The first-order valence-electron chi connectivity index (χ1n) is 13.4. The number of likely N-dealkylation sites (tertiary alicyclic amines) is 1. The predicted octanol–water partition coefficient (Wildman–Crippen LogP) is 4.52. The first-order valence-corrected chi connectivity index (χ1v) is 13.4. The first-order chi connectivity index (χ1) is 18.6. The molecule has 0 radical (unpaired) electrons. The van der Waals surface area contributed by atoms with Crippen LogP contribution in [0.4, 0.5) is 16.0 Å². The molecule has 1 aromatic carbocycles. The van der Waals surface area contributed by atoms with Gasteiger partial charge in [0.2, 0.25) is 0 Å². The minimum atomic E-state index is -0.185. The fourth-order valence-corrected chi connectivity index (χ4v) is 5.51. The van der Waals surface area contributed by atoms with Gasteiger partial charge in [0.25, 0.3) is 0 Å². The van der Waals surface area contributed by atoms with Crippen LogP contribution in [0.25, 0.3) is 22.4 Å². The van der Waals surface area contributed by atoms with Crippen molar-refractivity contribution in [2.24, 2.45) is 0 Å². The van der Waals surface area contributed by atoms with Gasteiger partial charge in [-0.2, -0.15) is 0 Å². The summed E-state index contributed by atoms with van der Waals surface area (Å²) in [4.78, 5) is 22.9. The highest BCUT2D eigenvalue weighted by Gasteiger charge is 2.28. The van der Waals surface area contributed by atoms with Crippen LogP contribution in [0.3, 0.4) is 0 Å². The van der Waals surface area contributed by atoms with E-state index in [9.17, 15) is 4.39 Å². The van der Waals surface area contributed by atoms with Crippen LogP contribution in [0, 0.1) is 12.7 Å². The van der Waals surface area contributed by atoms with Crippen LogP contribution >= 0.6 is 0 Å². The molecule has 0 saturated carbocycles. The molecule has 8 nitrogen and oxygen atoms in total. The highest BCUT2D eigenvalue weighted by molar-refractivity contribution is 5.83. The number of nitrogens with two attached hydrogens (primary N) is 1. The summed E-state index contributed by atoms with van der Waals surface area (Å²) >= 11 is 0. The maximum Gasteiger partial charge on any atom is 0.142 e. The number of hydrogen-bond donors (Lipinski definition) is 1. The largest absolute Gasteiger partial charge is 0.383 e. The first kappa shape index (κ1) is 24.5. The Kier molecular flexibility index (Phi) is 6.76. The molecule has 0 aliphatic carbocycles. The average Bonchev–Trinajstić information content (AvgIpc) is 3.34. The van der Waals surface area contributed by atoms with Crippen molar-refractivity contribution in [3.63, 3.8) is 0 Å². The molecule has 0 bridgehead atoms. The van der Waals surface area contributed by atoms with Gasteiger partial charge < -0.3 is 20.1 Å². The van der Waals surface area contributed by atoms with Gasteiger partial charge in [-0.25, -0.2) is 19.3 Å². The summed E-state index contributed by atoms with van der Waals surface area (Å²) in [6.45, 7) is 7.79. The van der Waals surface area contributed by atoms with Gasteiger partial charge in [0.15, 0.2) is 0 Å². The minimum Gasteiger partial charge on any atom is -0.383 e. The lowest BCUT2D eigenvalue weighted by molar-refractivity contribution is 0.173. The van der Waals surface area contributed by atoms with Crippen LogP contribution in [0.15, 0.2) is 55.2 Å². The van der Waals surface area contributed by atoms with E-state index in [2.05, 4.69) is 35.5 Å². The lowest BCUT2D eigenvalue weighted by Gasteiger charge is -2.34. The third kappa shape index (κ3) is 4.86. The second-order valence-corrected chi connectivity index (χ2v) is 10.3. The third-order valence-corrected chi connectivity index (χ3v) is 7.85. The van der Waals surface area contributed by atoms with Crippen LogP contribution in [0.1, 0.15) is 36.6 Å². The minimum absolute atomic E-state index is 0.185. The van der Waals surface area contributed by atoms with Gasteiger partial charge in [-0.1, -0.05) is 0 Å². The quantitative estimate of drug-likeness (QED) is 0.389. The zero-order valence-electron chi connectivity index (χ0n) is 21.7. The van der Waals surface area contributed by atoms with E-state index in [1.165, 1.54) is 25.6 Å². The zero-order chi connectivity index (χ0) is 26.1. The SMILES string of the molecule is Cc1cc(-c2cn(CCN3CCC3)c(C3CCN(c4ncnc(N)c4-c4ccncc4)CC3)n2)ccc1F. The summed E-state index contributed by atoms with van der Waals surface area (Å²) in [5, 5.41) is 0. The number of halogens is 1. The van der Waals surface area contributed by atoms with Crippen LogP contribution in [0.2, 0.25) is 0 Å². The van der Waals surface area contributed by atoms with E-state index in [4.69, 9.17) is 10.7 Å². The second-order valence-electron chi connectivity index (χ2n) is 10.3. The Morgan fingerprint density at radius 1 is 0.974 bits per heavy atom. The van der Waals surface area contributed by atoms with Crippen LogP contribution in [0.5, 0.6) is 0 Å². The molecule has 2 aliphatic heterocycles. The molecule has 2 N–H and O–H groups in total. The Hall–Kier alpha value is -3.85. The Bertz CT molecular complexity index is 1410. The predicted molar refractivity (Wildman–Crippen MR) is 147 cm³/mol. The number of imidazole rings is 1. The number of aryl methyl sites for hydroxylation is 1. The monoisotopic (exact) mass is 512 g/mol. The maximum absolute atomic E-state index is 13.9. The van der Waals surface area contributed by atoms with Gasteiger partial charge >= 0.3 is 0 Å². The normalized spacial score (nSPS) is 16.5. The lowest BCUT2D eigenvalue weighted by Crippen LogP contribution is -2.39. The second kappa shape index (κ2) is 10.5. The molecule has 0 amide bonds. The lowest BCUT2D eigenvalue weighted by atomic mass is 9.95. The van der Waals surface area contributed by atoms with Crippen LogP contribution < -0.4 is 10.6 Å². The number of nitrogen functional groups attached to an aromatic ring is 1. The molecule has 0 atom stereocenters. The van der Waals surface area contributed by atoms with Crippen molar-refractivity contribution in [3.05, 3.63) is 72.5 Å². The number of pyridine rings is 1. The number of piperidine rings is 1. The molecule has 196 valence electrons. The summed E-state index contributed by atoms with van der Waals surface area (Å²) in [5.74, 6) is 2.62. The van der Waals surface area contributed by atoms with E-state index < -0.39 is 0 Å². The number of hydrogen-bond acceptors (Lipinski definition) is 7. The van der Waals surface area contributed by atoms with Crippen LogP contribution in [-0.2, 0) is 6.54 Å². The Balaban J connectivity index is 1.24. The highest BCUT2D eigenvalue weighted by Crippen LogP contribution is 2.37. The van der Waals surface area contributed by atoms with E-state index >= 15 is 0 Å². The Morgan fingerprint density at radius 3 is 2.47 bits per heavy atom. The van der Waals surface area contributed by atoms with Gasteiger partial charge in [-0.05, 0) is 80.7 Å². The standard InChI is InChI=1S/C29H33FN8/c1-20-17-23(3-4-24(20)30)25-18-38(16-15-36-11-2-12-36)28(35-25)22-7-13-37(14-8-22)29-26(27(31)33-19-34-29)21-5-9-32-10-6-21/h3-6,9-10,17-19,22H,2,7-8,11-16H2,1H3,(H2,31,33,34). The molecule has 2 fully saturated rings. The van der Waals surface area contributed by atoms with Crippen molar-refractivity contribution in [1.82, 2.24) is 29.4 Å². The maximum atomic E-state index is 13.9. The molecule has 5 heterocycles. The molecule has 6 rings (SSSR count). The van der Waals surface area contributed by atoms with E-state index in [0.717, 1.165) is 73.0 Å². The molecule has 2 saturated heterocycles. The molecular weight excluding hydrogens is 479 g/mol. The summed E-state index contributed by atoms with van der Waals surface area (Å²) in [6.07, 6.45) is 10.4. The van der Waals surface area contributed by atoms with Gasteiger partial charge in [0.1, 0.15) is 29.6 Å². The van der Waals surface area contributed by atoms with Crippen molar-refractivity contribution in [3.8, 4) is 22.4 Å². The number of anilines is 2. The van der Waals surface area contributed by atoms with Crippen LogP contribution in [-0.4, -0.2) is 62.1 Å². The summed E-state index contributed by atoms with van der Waals surface area (Å²) in [5.41, 5.74) is 10.7. The van der Waals surface area contributed by atoms with Crippen molar-refractivity contribution < 1.29 is 4.39 Å². The van der Waals surface area contributed by atoms with E-state index in [1.54, 1.807) is 25.6 Å². The zero-order valence-corrected chi connectivity index (χ0v) is 21.7. The summed E-state index contributed by atoms with van der Waals surface area (Å²) < 4.78 is 16.3. The Morgan fingerprint density at radius 2 is 1.76 bits per heavy atom. The highest BCUT2D eigenvalue weighted by atomic mass is 19.1. The molecule has 2 aliphatic rings. The number of aromatic nitrogens is 5. The van der Waals surface area contributed by atoms with E-state index in [-0.39, 0.29) is 5.82 Å². The third-order valence-electron chi connectivity index (χ3n) is 7.85. The topological polar surface area (TPSA) is 89.0 Å². The van der Waals surface area contributed by atoms with Gasteiger partial charge in [0.05, 0.1) is 11.3 Å². The van der Waals surface area contributed by atoms with Gasteiger partial charge in [-0.3, -0.25) is 4.98 Å². The molecule has 38 heavy (non-hydrogen) atoms. The number of benzene rings is 1. The summed E-state index contributed by atoms with van der Waals surface area (Å²) in [7, 11) is 0. The van der Waals surface area contributed by atoms with Crippen molar-refractivity contribution in [2.75, 3.05) is 43.4 Å². The molecule has 0 unspecified atom stereocenters. The number of nitrogens with zero attached hydrogens (tertiary/aromatic N) is 7. The molecule has 9 heteroatoms. The fourth-order valence-electron chi connectivity index (χ4n) is 5.51. The Labute approximate surface area is 222 Å². The van der Waals surface area contributed by atoms with Gasteiger partial charge in [-0.15, -0.1) is 0 Å². The van der Waals surface area contributed by atoms with E-state index in [1.807, 2.05) is 24.3 Å². The van der Waals surface area contributed by atoms with Crippen molar-refractivity contribution in [2.45, 2.75) is 38.6 Å². The average molecular weight is 513 g/mol. The smallest absolute Gasteiger partial charge is 0.142 e. The summed E-state index contributed by atoms with van der Waals surface area (Å²) in [6, 6.07) is 9.15. The van der Waals surface area contributed by atoms with Crippen molar-refractivity contribution in [1.29, 1.82) is 0 Å². The molecule has 0 spiro atoms. The van der Waals surface area contributed by atoms with Crippen molar-refractivity contribution >= 4 is 11.6 Å².